The van der Waals surface area contributed by atoms with Crippen LogP contribution in [0.4, 0.5) is 11.8 Å². The topological polar surface area (TPSA) is 84.8 Å². The van der Waals surface area contributed by atoms with Crippen molar-refractivity contribution in [2.24, 2.45) is 0 Å². The summed E-state index contributed by atoms with van der Waals surface area (Å²) in [6.45, 7) is 4.76. The lowest BCUT2D eigenvalue weighted by molar-refractivity contribution is 0.165. The van der Waals surface area contributed by atoms with Crippen LogP contribution in [0.25, 0.3) is 10.9 Å². The number of para-hydroxylation sites is 1. The first-order chi connectivity index (χ1) is 13.3. The highest BCUT2D eigenvalue weighted by Gasteiger charge is 2.16. The van der Waals surface area contributed by atoms with Gasteiger partial charge in [-0.25, -0.2) is 4.98 Å². The molecule has 1 aromatic heterocycles. The van der Waals surface area contributed by atoms with Crippen molar-refractivity contribution < 1.29 is 10.2 Å². The number of hydrogen-bond donors (Lipinski definition) is 3. The van der Waals surface area contributed by atoms with E-state index in [2.05, 4.69) is 21.3 Å². The summed E-state index contributed by atoms with van der Waals surface area (Å²) in [4.78, 5) is 13.9. The summed E-state index contributed by atoms with van der Waals surface area (Å²) in [6.07, 6.45) is 4.99. The Morgan fingerprint density at radius 1 is 0.926 bits per heavy atom. The Hall–Kier alpha value is -1.96. The van der Waals surface area contributed by atoms with Gasteiger partial charge in [0.15, 0.2) is 0 Å². The predicted molar refractivity (Wildman–Crippen MR) is 109 cm³/mol. The van der Waals surface area contributed by atoms with Crippen molar-refractivity contribution in [2.45, 2.75) is 25.7 Å². The van der Waals surface area contributed by atoms with Crippen LogP contribution in [0.5, 0.6) is 0 Å². The zero-order valence-corrected chi connectivity index (χ0v) is 16.0. The number of fused-ring (bicyclic) bond motifs is 1. The zero-order chi connectivity index (χ0) is 18.9. The van der Waals surface area contributed by atoms with Crippen LogP contribution >= 0.6 is 0 Å². The number of hydrogen-bond acceptors (Lipinski definition) is 7. The van der Waals surface area contributed by atoms with Crippen LogP contribution in [0.1, 0.15) is 25.7 Å². The second-order valence-corrected chi connectivity index (χ2v) is 7.00. The Morgan fingerprint density at radius 3 is 2.33 bits per heavy atom. The molecule has 0 saturated carbocycles. The second-order valence-electron chi connectivity index (χ2n) is 7.00. The van der Waals surface area contributed by atoms with E-state index in [-0.39, 0.29) is 13.2 Å². The maximum atomic E-state index is 9.13. The fraction of sp³-hybridized carbons (Fsp3) is 0.600. The molecule has 2 aromatic rings. The lowest BCUT2D eigenvalue weighted by Gasteiger charge is -2.24. The molecule has 0 atom stereocenters. The molecule has 0 amide bonds. The van der Waals surface area contributed by atoms with Crippen LogP contribution in [-0.4, -0.2) is 77.6 Å². The lowest BCUT2D eigenvalue weighted by Crippen LogP contribution is -2.34. The molecule has 1 saturated heterocycles. The van der Waals surface area contributed by atoms with Crippen molar-refractivity contribution in [1.82, 2.24) is 14.9 Å². The van der Waals surface area contributed by atoms with Gasteiger partial charge < -0.3 is 20.4 Å². The Kier molecular flexibility index (Phi) is 7.62. The van der Waals surface area contributed by atoms with Gasteiger partial charge in [-0.3, -0.25) is 4.90 Å². The highest BCUT2D eigenvalue weighted by atomic mass is 16.3. The fourth-order valence-electron chi connectivity index (χ4n) is 3.61. The second kappa shape index (κ2) is 10.4. The van der Waals surface area contributed by atoms with Crippen molar-refractivity contribution in [3.05, 3.63) is 24.3 Å². The summed E-state index contributed by atoms with van der Waals surface area (Å²) >= 11 is 0. The average Bonchev–Trinajstić information content (AvgIpc) is 2.97. The smallest absolute Gasteiger partial charge is 0.225 e. The number of benzene rings is 1. The van der Waals surface area contributed by atoms with Gasteiger partial charge in [0, 0.05) is 44.7 Å². The molecule has 1 aromatic carbocycles. The number of aliphatic hydroxyl groups is 2. The van der Waals surface area contributed by atoms with E-state index in [0.717, 1.165) is 36.4 Å². The van der Waals surface area contributed by atoms with E-state index in [1.54, 1.807) is 0 Å². The van der Waals surface area contributed by atoms with Crippen LogP contribution in [0.15, 0.2) is 24.3 Å². The van der Waals surface area contributed by atoms with Gasteiger partial charge >= 0.3 is 0 Å². The van der Waals surface area contributed by atoms with Crippen LogP contribution in [0.3, 0.4) is 0 Å². The molecule has 0 aliphatic carbocycles. The maximum absolute atomic E-state index is 9.13. The van der Waals surface area contributed by atoms with Crippen molar-refractivity contribution in [1.29, 1.82) is 0 Å². The molecule has 3 rings (SSSR count). The highest BCUT2D eigenvalue weighted by molar-refractivity contribution is 5.90. The molecule has 3 N–H and O–H groups in total. The van der Waals surface area contributed by atoms with Gasteiger partial charge in [-0.1, -0.05) is 25.0 Å². The molecular weight excluding hydrogens is 342 g/mol. The molecule has 7 heteroatoms. The van der Waals surface area contributed by atoms with E-state index in [1.807, 2.05) is 23.1 Å². The van der Waals surface area contributed by atoms with Crippen LogP contribution < -0.4 is 10.2 Å². The summed E-state index contributed by atoms with van der Waals surface area (Å²) in [5, 5.41) is 22.7. The molecule has 2 heterocycles. The SMILES string of the molecule is OCCN(CCO)CCNc1nc(N2CCCCCC2)c2ccccc2n1. The van der Waals surface area contributed by atoms with E-state index in [9.17, 15) is 0 Å². The summed E-state index contributed by atoms with van der Waals surface area (Å²) in [5.74, 6) is 1.66. The molecule has 7 nitrogen and oxygen atoms in total. The molecule has 0 spiro atoms. The summed E-state index contributed by atoms with van der Waals surface area (Å²) in [6, 6.07) is 8.19. The number of nitrogens with one attached hydrogen (secondary N) is 1. The maximum Gasteiger partial charge on any atom is 0.225 e. The van der Waals surface area contributed by atoms with Crippen LogP contribution in [0.2, 0.25) is 0 Å². The van der Waals surface area contributed by atoms with Crippen LogP contribution in [-0.2, 0) is 0 Å². The number of nitrogens with zero attached hydrogens (tertiary/aromatic N) is 4. The van der Waals surface area contributed by atoms with E-state index in [4.69, 9.17) is 15.2 Å². The van der Waals surface area contributed by atoms with Crippen molar-refractivity contribution in [2.75, 3.05) is 62.7 Å². The number of aliphatic hydroxyl groups excluding tert-OH is 2. The Bertz CT molecular complexity index is 698. The number of rotatable bonds is 9. The molecule has 27 heavy (non-hydrogen) atoms. The molecule has 1 fully saturated rings. The normalized spacial score (nSPS) is 15.3. The third-order valence-corrected chi connectivity index (χ3v) is 5.03. The molecule has 1 aliphatic heterocycles. The predicted octanol–water partition coefficient (Wildman–Crippen LogP) is 1.71. The van der Waals surface area contributed by atoms with Gasteiger partial charge in [0.25, 0.3) is 0 Å². The lowest BCUT2D eigenvalue weighted by atomic mass is 10.2. The Balaban J connectivity index is 1.75. The third-order valence-electron chi connectivity index (χ3n) is 5.03. The quantitative estimate of drug-likeness (QED) is 0.617. The van der Waals surface area contributed by atoms with E-state index in [1.165, 1.54) is 25.7 Å². The summed E-state index contributed by atoms with van der Waals surface area (Å²) < 4.78 is 0. The summed E-state index contributed by atoms with van der Waals surface area (Å²) in [7, 11) is 0. The Labute approximate surface area is 161 Å². The minimum atomic E-state index is 0.0889. The molecule has 0 bridgehead atoms. The van der Waals surface area contributed by atoms with Gasteiger partial charge in [0.2, 0.25) is 5.95 Å². The number of aromatic nitrogens is 2. The van der Waals surface area contributed by atoms with Gasteiger partial charge in [0.1, 0.15) is 5.82 Å². The molecular formula is C20H31N5O2. The first-order valence-corrected chi connectivity index (χ1v) is 10.0. The molecule has 0 unspecified atom stereocenters. The fourth-order valence-corrected chi connectivity index (χ4v) is 3.61. The monoisotopic (exact) mass is 373 g/mol. The van der Waals surface area contributed by atoms with Crippen LogP contribution in [0, 0.1) is 0 Å². The molecule has 148 valence electrons. The van der Waals surface area contributed by atoms with Crippen molar-refractivity contribution in [3.8, 4) is 0 Å². The largest absolute Gasteiger partial charge is 0.395 e. The first-order valence-electron chi connectivity index (χ1n) is 10.0. The molecule has 1 aliphatic rings. The highest BCUT2D eigenvalue weighted by Crippen LogP contribution is 2.27. The van der Waals surface area contributed by atoms with E-state index >= 15 is 0 Å². The van der Waals surface area contributed by atoms with Gasteiger partial charge in [0.05, 0.1) is 18.7 Å². The van der Waals surface area contributed by atoms with E-state index in [0.29, 0.717) is 25.6 Å². The zero-order valence-electron chi connectivity index (χ0n) is 16.0. The average molecular weight is 374 g/mol. The minimum Gasteiger partial charge on any atom is -0.395 e. The number of anilines is 2. The third kappa shape index (κ3) is 5.51. The van der Waals surface area contributed by atoms with Gasteiger partial charge in [-0.05, 0) is 25.0 Å². The standard InChI is InChI=1S/C20H31N5O2/c26-15-13-24(14-16-27)12-9-21-20-22-18-8-4-3-7-17(18)19(23-20)25-10-5-1-2-6-11-25/h3-4,7-8,26-27H,1-2,5-6,9-16H2,(H,21,22,23). The van der Waals surface area contributed by atoms with Gasteiger partial charge in [-0.2, -0.15) is 4.98 Å². The first kappa shape index (κ1) is 19.8. The summed E-state index contributed by atoms with van der Waals surface area (Å²) in [5.41, 5.74) is 0.955. The minimum absolute atomic E-state index is 0.0889. The van der Waals surface area contributed by atoms with Crippen molar-refractivity contribution >= 4 is 22.7 Å². The van der Waals surface area contributed by atoms with Gasteiger partial charge in [-0.15, -0.1) is 0 Å². The van der Waals surface area contributed by atoms with Crippen molar-refractivity contribution in [3.63, 3.8) is 0 Å². The Morgan fingerprint density at radius 2 is 1.63 bits per heavy atom. The molecule has 0 radical (unpaired) electrons. The van der Waals surface area contributed by atoms with E-state index < -0.39 is 0 Å².